The topological polar surface area (TPSA) is 46.5 Å². The quantitative estimate of drug-likeness (QED) is 0.180. The number of rotatable bonds is 3. The summed E-state index contributed by atoms with van der Waals surface area (Å²) in [6.45, 7) is 5.46. The first kappa shape index (κ1) is 19.7. The van der Waals surface area contributed by atoms with Crippen molar-refractivity contribution in [1.82, 2.24) is 0 Å². The van der Waals surface area contributed by atoms with Gasteiger partial charge in [0.05, 0.1) is 0 Å². The molecule has 4 rings (SSSR count). The van der Waals surface area contributed by atoms with Gasteiger partial charge in [-0.15, -0.1) is 0 Å². The zero-order valence-electron chi connectivity index (χ0n) is 17.3. The first-order valence-corrected chi connectivity index (χ1v) is 9.98. The molecule has 0 radical (unpaired) electrons. The minimum Gasteiger partial charge on any atom is -0.506 e. The number of hydrogen-bond acceptors (Lipinski definition) is 3. The van der Waals surface area contributed by atoms with Gasteiger partial charge in [0.2, 0.25) is 0 Å². The van der Waals surface area contributed by atoms with Gasteiger partial charge in [-0.3, -0.25) is 0 Å². The average molecular weight is 396 g/mol. The van der Waals surface area contributed by atoms with Crippen LogP contribution in [0.25, 0.3) is 32.9 Å². The molecule has 30 heavy (non-hydrogen) atoms. The zero-order chi connectivity index (χ0) is 21.3. The van der Waals surface area contributed by atoms with Crippen LogP contribution >= 0.6 is 0 Å². The largest absolute Gasteiger partial charge is 0.506 e. The summed E-state index contributed by atoms with van der Waals surface area (Å²) < 4.78 is 5.70. The summed E-state index contributed by atoms with van der Waals surface area (Å²) in [7, 11) is 0. The van der Waals surface area contributed by atoms with Gasteiger partial charge in [-0.2, -0.15) is 0 Å². The molecule has 1 N–H and O–H groups in total. The Labute approximate surface area is 176 Å². The number of carbonyl (C=O) groups excluding carboxylic acids is 1. The van der Waals surface area contributed by atoms with Crippen molar-refractivity contribution in [1.29, 1.82) is 0 Å². The van der Waals surface area contributed by atoms with Gasteiger partial charge in [0.25, 0.3) is 0 Å². The lowest BCUT2D eigenvalue weighted by molar-refractivity contribution is -0.147. The molecule has 0 fully saturated rings. The van der Waals surface area contributed by atoms with Crippen molar-refractivity contribution in [2.45, 2.75) is 26.4 Å². The third-order valence-electron chi connectivity index (χ3n) is 4.94. The van der Waals surface area contributed by atoms with E-state index in [1.165, 1.54) is 0 Å². The fraction of sp³-hybridized carbons (Fsp3) is 0.148. The molecule has 0 bridgehead atoms. The summed E-state index contributed by atoms with van der Waals surface area (Å²) in [5.74, 6) is -0.637. The van der Waals surface area contributed by atoms with Crippen molar-refractivity contribution in [2.24, 2.45) is 0 Å². The summed E-state index contributed by atoms with van der Waals surface area (Å²) in [5, 5.41) is 15.2. The fourth-order valence-electron chi connectivity index (χ4n) is 3.67. The van der Waals surface area contributed by atoms with E-state index in [2.05, 4.69) is 0 Å². The predicted molar refractivity (Wildman–Crippen MR) is 123 cm³/mol. The van der Waals surface area contributed by atoms with Crippen molar-refractivity contribution in [3.05, 3.63) is 96.1 Å². The van der Waals surface area contributed by atoms with Gasteiger partial charge in [0.15, 0.2) is 0 Å². The third kappa shape index (κ3) is 3.79. The van der Waals surface area contributed by atoms with Gasteiger partial charge >= 0.3 is 5.97 Å². The second kappa shape index (κ2) is 7.68. The van der Waals surface area contributed by atoms with Crippen LogP contribution in [0.4, 0.5) is 0 Å². The van der Waals surface area contributed by atoms with Crippen LogP contribution in [0.15, 0.2) is 84.9 Å². The highest BCUT2D eigenvalue weighted by Gasteiger charge is 2.27. The molecular formula is C27H24O3. The molecule has 0 unspecified atom stereocenters. The highest BCUT2D eigenvalue weighted by atomic mass is 16.6. The first-order chi connectivity index (χ1) is 14.3. The van der Waals surface area contributed by atoms with Gasteiger partial charge in [0.1, 0.15) is 16.9 Å². The molecule has 0 saturated heterocycles. The maximum atomic E-state index is 13.3. The van der Waals surface area contributed by atoms with E-state index in [9.17, 15) is 9.90 Å². The summed E-state index contributed by atoms with van der Waals surface area (Å²) in [6.07, 6.45) is 0. The van der Waals surface area contributed by atoms with Gasteiger partial charge in [-0.1, -0.05) is 84.9 Å². The Balaban J connectivity index is 2.03. The minimum atomic E-state index is -0.689. The lowest BCUT2D eigenvalue weighted by atomic mass is 9.93. The molecular weight excluding hydrogens is 372 g/mol. The van der Waals surface area contributed by atoms with Crippen molar-refractivity contribution in [3.8, 4) is 0 Å². The van der Waals surface area contributed by atoms with Gasteiger partial charge in [-0.25, -0.2) is 4.79 Å². The zero-order valence-corrected chi connectivity index (χ0v) is 17.3. The summed E-state index contributed by atoms with van der Waals surface area (Å²) in [5.41, 5.74) is 0.721. The number of aliphatic hydroxyl groups excluding tert-OH is 1. The van der Waals surface area contributed by atoms with Crippen molar-refractivity contribution in [2.75, 3.05) is 0 Å². The van der Waals surface area contributed by atoms with Crippen LogP contribution < -0.4 is 0 Å². The average Bonchev–Trinajstić information content (AvgIpc) is 2.72. The molecule has 3 nitrogen and oxygen atoms in total. The molecule has 0 saturated carbocycles. The van der Waals surface area contributed by atoms with E-state index < -0.39 is 11.6 Å². The van der Waals surface area contributed by atoms with E-state index in [0.29, 0.717) is 11.1 Å². The maximum Gasteiger partial charge on any atom is 0.343 e. The van der Waals surface area contributed by atoms with Crippen molar-refractivity contribution in [3.63, 3.8) is 0 Å². The monoisotopic (exact) mass is 396 g/mol. The second-order valence-electron chi connectivity index (χ2n) is 8.28. The Morgan fingerprint density at radius 3 is 1.73 bits per heavy atom. The second-order valence-corrected chi connectivity index (χ2v) is 8.28. The lowest BCUT2D eigenvalue weighted by Crippen LogP contribution is -2.25. The van der Waals surface area contributed by atoms with Gasteiger partial charge < -0.3 is 9.84 Å². The van der Waals surface area contributed by atoms with E-state index in [0.717, 1.165) is 21.5 Å². The molecule has 0 aliphatic heterocycles. The van der Waals surface area contributed by atoms with E-state index in [-0.39, 0.29) is 11.3 Å². The molecule has 4 aromatic rings. The third-order valence-corrected chi connectivity index (χ3v) is 4.94. The van der Waals surface area contributed by atoms with Crippen molar-refractivity contribution < 1.29 is 14.6 Å². The molecule has 4 aromatic carbocycles. The number of esters is 1. The van der Waals surface area contributed by atoms with Crippen LogP contribution in [0.1, 0.15) is 31.9 Å². The van der Waals surface area contributed by atoms with Crippen LogP contribution in [0.2, 0.25) is 0 Å². The Morgan fingerprint density at radius 1 is 0.700 bits per heavy atom. The van der Waals surface area contributed by atoms with E-state index >= 15 is 0 Å². The standard InChI is InChI=1S/C27H24O3/c1-27(2,3)30-26(29)24(22-16-8-12-18-10-4-6-14-20(18)22)25(28)23-17-9-13-19-11-5-7-15-21(19)23/h4-17,28H,1-3H3/b25-24-. The van der Waals surface area contributed by atoms with Crippen LogP contribution in [-0.2, 0) is 9.53 Å². The Hall–Kier alpha value is -3.59. The van der Waals surface area contributed by atoms with E-state index in [4.69, 9.17) is 4.74 Å². The van der Waals surface area contributed by atoms with Gasteiger partial charge in [0, 0.05) is 11.1 Å². The molecule has 0 aromatic heterocycles. The smallest absolute Gasteiger partial charge is 0.343 e. The number of ether oxygens (including phenoxy) is 1. The van der Waals surface area contributed by atoms with Gasteiger partial charge in [-0.05, 0) is 42.3 Å². The summed E-state index contributed by atoms with van der Waals surface area (Å²) >= 11 is 0. The molecule has 150 valence electrons. The molecule has 0 aliphatic rings. The number of carbonyl (C=O) groups is 1. The Bertz CT molecular complexity index is 1270. The molecule has 0 amide bonds. The van der Waals surface area contributed by atoms with Crippen LogP contribution in [0.5, 0.6) is 0 Å². The fourth-order valence-corrected chi connectivity index (χ4v) is 3.67. The summed E-state index contributed by atoms with van der Waals surface area (Å²) in [4.78, 5) is 13.3. The molecule has 0 spiro atoms. The molecule has 3 heteroatoms. The Morgan fingerprint density at radius 2 is 1.17 bits per heavy atom. The number of hydrogen-bond donors (Lipinski definition) is 1. The molecule has 0 atom stereocenters. The number of benzene rings is 4. The first-order valence-electron chi connectivity index (χ1n) is 9.98. The Kier molecular flexibility index (Phi) is 5.04. The molecule has 0 heterocycles. The van der Waals surface area contributed by atoms with Crippen LogP contribution in [0, 0.1) is 0 Å². The van der Waals surface area contributed by atoms with E-state index in [1.807, 2.05) is 106 Å². The predicted octanol–water partition coefficient (Wildman–Crippen LogP) is 6.76. The normalized spacial score (nSPS) is 12.6. The minimum absolute atomic E-state index is 0.0857. The number of aliphatic hydroxyl groups is 1. The van der Waals surface area contributed by atoms with Crippen molar-refractivity contribution >= 4 is 38.8 Å². The van der Waals surface area contributed by atoms with E-state index in [1.54, 1.807) is 0 Å². The molecule has 0 aliphatic carbocycles. The lowest BCUT2D eigenvalue weighted by Gasteiger charge is -2.22. The highest BCUT2D eigenvalue weighted by molar-refractivity contribution is 6.27. The highest BCUT2D eigenvalue weighted by Crippen LogP contribution is 2.34. The van der Waals surface area contributed by atoms with Crippen LogP contribution in [-0.4, -0.2) is 16.7 Å². The van der Waals surface area contributed by atoms with Crippen LogP contribution in [0.3, 0.4) is 0 Å². The summed E-state index contributed by atoms with van der Waals surface area (Å²) in [6, 6.07) is 27.0. The SMILES string of the molecule is CC(C)(C)OC(=O)/C(=C(\O)c1cccc2ccccc12)c1cccc2ccccc12. The maximum absolute atomic E-state index is 13.3. The number of fused-ring (bicyclic) bond motifs is 2.